The quantitative estimate of drug-likeness (QED) is 0.588. The van der Waals surface area contributed by atoms with Gasteiger partial charge in [-0.25, -0.2) is 4.98 Å². The van der Waals surface area contributed by atoms with E-state index in [0.717, 1.165) is 49.0 Å². The number of pyridine rings is 1. The third-order valence-corrected chi connectivity index (χ3v) is 5.82. The van der Waals surface area contributed by atoms with Crippen LogP contribution in [0.25, 0.3) is 6.08 Å². The number of aromatic nitrogens is 1. The molecular formula is C22H23ClN4O2. The summed E-state index contributed by atoms with van der Waals surface area (Å²) in [6.07, 6.45) is 6.45. The van der Waals surface area contributed by atoms with Gasteiger partial charge in [0.05, 0.1) is 0 Å². The number of aldehydes is 1. The summed E-state index contributed by atoms with van der Waals surface area (Å²) in [7, 11) is 0. The van der Waals surface area contributed by atoms with Crippen LogP contribution in [0.5, 0.6) is 0 Å². The number of piperidine rings is 1. The van der Waals surface area contributed by atoms with E-state index in [4.69, 9.17) is 11.6 Å². The van der Waals surface area contributed by atoms with Crippen LogP contribution in [0.2, 0.25) is 5.15 Å². The second-order valence-corrected chi connectivity index (χ2v) is 7.82. The highest BCUT2D eigenvalue weighted by atomic mass is 35.5. The van der Waals surface area contributed by atoms with Gasteiger partial charge in [0.2, 0.25) is 5.91 Å². The Balaban J connectivity index is 1.52. The fraction of sp³-hybridized carbons (Fsp3) is 0.318. The molecule has 2 aliphatic heterocycles. The molecule has 29 heavy (non-hydrogen) atoms. The summed E-state index contributed by atoms with van der Waals surface area (Å²) in [5, 5.41) is 6.71. The Morgan fingerprint density at radius 2 is 2.00 bits per heavy atom. The normalized spacial score (nSPS) is 18.7. The maximum atomic E-state index is 11.5. The number of benzene rings is 1. The fourth-order valence-corrected chi connectivity index (χ4v) is 4.24. The Morgan fingerprint density at radius 3 is 2.66 bits per heavy atom. The van der Waals surface area contributed by atoms with E-state index in [-0.39, 0.29) is 5.91 Å². The Bertz CT molecular complexity index is 950. The highest BCUT2D eigenvalue weighted by molar-refractivity contribution is 6.29. The van der Waals surface area contributed by atoms with E-state index in [1.165, 1.54) is 5.56 Å². The molecule has 1 aromatic carbocycles. The van der Waals surface area contributed by atoms with Gasteiger partial charge in [0.1, 0.15) is 23.3 Å². The average Bonchev–Trinajstić information content (AvgIpc) is 2.73. The third-order valence-electron chi connectivity index (χ3n) is 5.63. The number of rotatable bonds is 4. The average molecular weight is 411 g/mol. The minimum absolute atomic E-state index is 0.151. The van der Waals surface area contributed by atoms with Crippen molar-refractivity contribution in [1.29, 1.82) is 0 Å². The Kier molecular flexibility index (Phi) is 5.53. The molecule has 1 aromatic heterocycles. The maximum Gasteiger partial charge on any atom is 0.219 e. The number of nitrogens with one attached hydrogen (secondary N) is 2. The lowest BCUT2D eigenvalue weighted by Crippen LogP contribution is -2.36. The number of amides is 1. The van der Waals surface area contributed by atoms with E-state index < -0.39 is 6.04 Å². The van der Waals surface area contributed by atoms with Crippen LogP contribution >= 0.6 is 11.6 Å². The zero-order chi connectivity index (χ0) is 20.4. The van der Waals surface area contributed by atoms with Crippen LogP contribution in [-0.2, 0) is 9.59 Å². The van der Waals surface area contributed by atoms with E-state index in [1.54, 1.807) is 19.2 Å². The first kappa shape index (κ1) is 19.5. The largest absolute Gasteiger partial charge is 0.378 e. The van der Waals surface area contributed by atoms with E-state index in [2.05, 4.69) is 27.8 Å². The minimum Gasteiger partial charge on any atom is -0.378 e. The summed E-state index contributed by atoms with van der Waals surface area (Å²) < 4.78 is 0. The molecule has 1 fully saturated rings. The molecule has 2 aromatic rings. The Morgan fingerprint density at radius 1 is 1.28 bits per heavy atom. The monoisotopic (exact) mass is 410 g/mol. The molecule has 1 amide bonds. The van der Waals surface area contributed by atoms with Crippen molar-refractivity contribution in [2.75, 3.05) is 18.4 Å². The van der Waals surface area contributed by atoms with Crippen molar-refractivity contribution in [2.45, 2.75) is 31.7 Å². The number of halogens is 1. The smallest absolute Gasteiger partial charge is 0.219 e. The van der Waals surface area contributed by atoms with Gasteiger partial charge in [-0.1, -0.05) is 23.7 Å². The number of hydrogen-bond donors (Lipinski definition) is 2. The summed E-state index contributed by atoms with van der Waals surface area (Å²) in [5.41, 5.74) is 3.81. The van der Waals surface area contributed by atoms with Crippen molar-refractivity contribution in [3.05, 3.63) is 58.4 Å². The zero-order valence-electron chi connectivity index (χ0n) is 16.2. The van der Waals surface area contributed by atoms with E-state index >= 15 is 0 Å². The Hall–Kier alpha value is -2.86. The molecule has 1 unspecified atom stereocenters. The molecule has 1 atom stereocenters. The summed E-state index contributed by atoms with van der Waals surface area (Å²) in [6, 6.07) is 9.55. The van der Waals surface area contributed by atoms with Crippen molar-refractivity contribution >= 4 is 41.4 Å². The van der Waals surface area contributed by atoms with E-state index in [0.29, 0.717) is 16.9 Å². The molecule has 0 radical (unpaired) electrons. The number of carbonyl (C=O) groups excluding carboxylic acids is 2. The van der Waals surface area contributed by atoms with Gasteiger partial charge in [0, 0.05) is 31.3 Å². The summed E-state index contributed by atoms with van der Waals surface area (Å²) in [6.45, 7) is 3.25. The Labute approximate surface area is 175 Å². The molecule has 150 valence electrons. The summed E-state index contributed by atoms with van der Waals surface area (Å²) in [5.74, 6) is 1.19. The van der Waals surface area contributed by atoms with E-state index in [1.807, 2.05) is 23.1 Å². The highest BCUT2D eigenvalue weighted by Crippen LogP contribution is 2.33. The topological polar surface area (TPSA) is 74.3 Å². The number of carbonyl (C=O) groups is 2. The number of likely N-dealkylation sites (tertiary alicyclic amines) is 1. The molecule has 1 saturated heterocycles. The predicted octanol–water partition coefficient (Wildman–Crippen LogP) is 4.02. The molecule has 0 saturated carbocycles. The van der Waals surface area contributed by atoms with Crippen molar-refractivity contribution in [1.82, 2.24) is 15.2 Å². The second-order valence-electron chi connectivity index (χ2n) is 7.44. The molecule has 7 heteroatoms. The number of nitrogens with zero attached hydrogens (tertiary/aromatic N) is 2. The first-order valence-electron chi connectivity index (χ1n) is 9.76. The number of hydrogen-bond acceptors (Lipinski definition) is 5. The first-order chi connectivity index (χ1) is 14.0. The van der Waals surface area contributed by atoms with Gasteiger partial charge in [0.15, 0.2) is 0 Å². The highest BCUT2D eigenvalue weighted by Gasteiger charge is 2.23. The minimum atomic E-state index is -0.465. The fourth-order valence-electron chi connectivity index (χ4n) is 4.04. The third kappa shape index (κ3) is 4.12. The van der Waals surface area contributed by atoms with Gasteiger partial charge >= 0.3 is 0 Å². The van der Waals surface area contributed by atoms with Crippen LogP contribution < -0.4 is 10.6 Å². The van der Waals surface area contributed by atoms with Gasteiger partial charge in [-0.3, -0.25) is 4.79 Å². The summed E-state index contributed by atoms with van der Waals surface area (Å²) >= 11 is 6.18. The lowest BCUT2D eigenvalue weighted by molar-refractivity contribution is -0.129. The number of anilines is 2. The van der Waals surface area contributed by atoms with Crippen molar-refractivity contribution < 1.29 is 9.59 Å². The van der Waals surface area contributed by atoms with Crippen molar-refractivity contribution in [3.8, 4) is 0 Å². The van der Waals surface area contributed by atoms with Gasteiger partial charge in [-0.2, -0.15) is 0 Å². The first-order valence-corrected chi connectivity index (χ1v) is 10.1. The van der Waals surface area contributed by atoms with Gasteiger partial charge in [-0.05, 0) is 60.4 Å². The van der Waals surface area contributed by atoms with E-state index in [9.17, 15) is 9.59 Å². The molecule has 6 nitrogen and oxygen atoms in total. The maximum absolute atomic E-state index is 11.5. The number of fused-ring (bicyclic) bond motifs is 1. The molecule has 0 aliphatic carbocycles. The standard InChI is InChI=1S/C22H23ClN4O2/c1-14(29)27-10-7-16(8-11-27)15-2-4-18(5-3-15)25-22-21-17(12-20(23)26-22)6-9-24-19(21)13-28/h2-6,9,12-13,16,19,24H,7-8,10-11H2,1H3,(H,25,26). The zero-order valence-corrected chi connectivity index (χ0v) is 16.9. The lowest BCUT2D eigenvalue weighted by atomic mass is 9.89. The van der Waals surface area contributed by atoms with Crippen molar-refractivity contribution in [2.24, 2.45) is 0 Å². The van der Waals surface area contributed by atoms with Crippen LogP contribution in [0, 0.1) is 0 Å². The van der Waals surface area contributed by atoms with Gasteiger partial charge in [0.25, 0.3) is 0 Å². The van der Waals surface area contributed by atoms with Gasteiger partial charge < -0.3 is 20.3 Å². The van der Waals surface area contributed by atoms with Crippen molar-refractivity contribution in [3.63, 3.8) is 0 Å². The van der Waals surface area contributed by atoms with Crippen LogP contribution in [0.15, 0.2) is 36.5 Å². The van der Waals surface area contributed by atoms with Crippen LogP contribution in [-0.4, -0.2) is 35.2 Å². The van der Waals surface area contributed by atoms with Crippen LogP contribution in [0.3, 0.4) is 0 Å². The molecule has 0 bridgehead atoms. The molecular weight excluding hydrogens is 388 g/mol. The lowest BCUT2D eigenvalue weighted by Gasteiger charge is -2.31. The van der Waals surface area contributed by atoms with Crippen LogP contribution in [0.4, 0.5) is 11.5 Å². The molecule has 2 N–H and O–H groups in total. The van der Waals surface area contributed by atoms with Gasteiger partial charge in [-0.15, -0.1) is 0 Å². The molecule has 0 spiro atoms. The SMILES string of the molecule is CC(=O)N1CCC(c2ccc(Nc3nc(Cl)cc4c3C(C=O)NC=C4)cc2)CC1. The molecule has 4 rings (SSSR count). The molecule has 2 aliphatic rings. The second kappa shape index (κ2) is 8.25. The predicted molar refractivity (Wildman–Crippen MR) is 114 cm³/mol. The van der Waals surface area contributed by atoms with Crippen LogP contribution in [0.1, 0.15) is 48.4 Å². The molecule has 3 heterocycles. The summed E-state index contributed by atoms with van der Waals surface area (Å²) in [4.78, 5) is 29.3.